The number of methoxy groups -OCH3 is 2. The Hall–Kier alpha value is -1.66. The van der Waals surface area contributed by atoms with Crippen molar-refractivity contribution in [3.8, 4) is 11.5 Å². The average Bonchev–Trinajstić information content (AvgIpc) is 2.53. The zero-order valence-electron chi connectivity index (χ0n) is 14.9. The number of ether oxygens (including phenoxy) is 3. The van der Waals surface area contributed by atoms with Crippen molar-refractivity contribution < 1.29 is 19.0 Å². The predicted octanol–water partition coefficient (Wildman–Crippen LogP) is 3.01. The van der Waals surface area contributed by atoms with E-state index in [9.17, 15) is 4.79 Å². The fourth-order valence-corrected chi connectivity index (χ4v) is 2.88. The van der Waals surface area contributed by atoms with Crippen LogP contribution < -0.4 is 14.8 Å². The topological polar surface area (TPSA) is 60.0 Å². The van der Waals surface area contributed by atoms with Crippen molar-refractivity contribution >= 4 is 18.4 Å². The monoisotopic (exact) mass is 358 g/mol. The van der Waals surface area contributed by atoms with E-state index in [1.165, 1.54) is 0 Å². The van der Waals surface area contributed by atoms with Gasteiger partial charge in [0.1, 0.15) is 11.5 Å². The van der Waals surface area contributed by atoms with E-state index in [-0.39, 0.29) is 36.7 Å². The van der Waals surface area contributed by atoms with Gasteiger partial charge in [0.2, 0.25) is 0 Å². The Kier molecular flexibility index (Phi) is 7.63. The molecule has 24 heavy (non-hydrogen) atoms. The lowest BCUT2D eigenvalue weighted by Crippen LogP contribution is -2.52. The molecule has 7 heteroatoms. The number of benzene rings is 1. The number of carbonyl (C=O) groups is 1. The lowest BCUT2D eigenvalue weighted by Gasteiger charge is -2.36. The van der Waals surface area contributed by atoms with Gasteiger partial charge in [0.25, 0.3) is 0 Å². The highest BCUT2D eigenvalue weighted by molar-refractivity contribution is 5.85. The standard InChI is InChI=1S/C17H26N2O4.ClH/c1-11-9-19(10-12(2)23-11)17(20)18-13(3)15-8-14(21-4)6-7-16(15)22-5;/h6-8,11-13H,9-10H2,1-5H3,(H,18,20);1H. The summed E-state index contributed by atoms with van der Waals surface area (Å²) in [6.07, 6.45) is 0.0947. The van der Waals surface area contributed by atoms with Crippen molar-refractivity contribution in [3.63, 3.8) is 0 Å². The van der Waals surface area contributed by atoms with Gasteiger partial charge in [-0.15, -0.1) is 12.4 Å². The van der Waals surface area contributed by atoms with E-state index < -0.39 is 0 Å². The van der Waals surface area contributed by atoms with E-state index in [2.05, 4.69) is 5.32 Å². The van der Waals surface area contributed by atoms with Crippen LogP contribution in [0.3, 0.4) is 0 Å². The Morgan fingerprint density at radius 2 is 1.88 bits per heavy atom. The molecule has 0 bridgehead atoms. The van der Waals surface area contributed by atoms with Gasteiger partial charge in [-0.2, -0.15) is 0 Å². The van der Waals surface area contributed by atoms with Crippen LogP contribution in [0.4, 0.5) is 4.79 Å². The Bertz CT molecular complexity index is 545. The average molecular weight is 359 g/mol. The van der Waals surface area contributed by atoms with Crippen LogP contribution in [0, 0.1) is 0 Å². The molecule has 3 atom stereocenters. The summed E-state index contributed by atoms with van der Waals surface area (Å²) in [6.45, 7) is 7.08. The number of nitrogens with zero attached hydrogens (tertiary/aromatic N) is 1. The van der Waals surface area contributed by atoms with Crippen molar-refractivity contribution in [1.29, 1.82) is 0 Å². The lowest BCUT2D eigenvalue weighted by atomic mass is 10.1. The minimum Gasteiger partial charge on any atom is -0.497 e. The van der Waals surface area contributed by atoms with Gasteiger partial charge in [0, 0.05) is 18.7 Å². The van der Waals surface area contributed by atoms with Gasteiger partial charge >= 0.3 is 6.03 Å². The van der Waals surface area contributed by atoms with Gasteiger partial charge in [-0.25, -0.2) is 4.79 Å². The molecule has 3 unspecified atom stereocenters. The van der Waals surface area contributed by atoms with Gasteiger partial charge in [0.05, 0.1) is 32.5 Å². The van der Waals surface area contributed by atoms with Crippen LogP contribution in [-0.2, 0) is 4.74 Å². The maximum atomic E-state index is 12.5. The molecule has 0 spiro atoms. The second kappa shape index (κ2) is 8.99. The summed E-state index contributed by atoms with van der Waals surface area (Å²) in [5.74, 6) is 1.46. The number of amides is 2. The molecule has 1 heterocycles. The summed E-state index contributed by atoms with van der Waals surface area (Å²) in [4.78, 5) is 14.3. The Morgan fingerprint density at radius 3 is 2.42 bits per heavy atom. The molecule has 1 aromatic rings. The Morgan fingerprint density at radius 1 is 1.25 bits per heavy atom. The van der Waals surface area contributed by atoms with Crippen LogP contribution in [0.2, 0.25) is 0 Å². The van der Waals surface area contributed by atoms with E-state index in [0.29, 0.717) is 13.1 Å². The molecule has 136 valence electrons. The Balaban J connectivity index is 0.00000288. The number of urea groups is 1. The summed E-state index contributed by atoms with van der Waals surface area (Å²) in [5, 5.41) is 3.03. The predicted molar refractivity (Wildman–Crippen MR) is 95.3 cm³/mol. The van der Waals surface area contributed by atoms with Gasteiger partial charge in [-0.3, -0.25) is 0 Å². The summed E-state index contributed by atoms with van der Waals surface area (Å²) in [6, 6.07) is 5.28. The third kappa shape index (κ3) is 4.92. The van der Waals surface area contributed by atoms with Crippen molar-refractivity contribution in [3.05, 3.63) is 23.8 Å². The van der Waals surface area contributed by atoms with Gasteiger partial charge < -0.3 is 24.4 Å². The minimum atomic E-state index is -0.194. The molecule has 0 aliphatic carbocycles. The molecular weight excluding hydrogens is 332 g/mol. The fraction of sp³-hybridized carbons (Fsp3) is 0.588. The highest BCUT2D eigenvalue weighted by Gasteiger charge is 2.27. The quantitative estimate of drug-likeness (QED) is 0.898. The van der Waals surface area contributed by atoms with Crippen molar-refractivity contribution in [1.82, 2.24) is 10.2 Å². The maximum Gasteiger partial charge on any atom is 0.318 e. The van der Waals surface area contributed by atoms with Gasteiger partial charge in [-0.05, 0) is 39.0 Å². The second-order valence-corrected chi connectivity index (χ2v) is 5.94. The van der Waals surface area contributed by atoms with Crippen LogP contribution >= 0.6 is 12.4 Å². The van der Waals surface area contributed by atoms with Crippen LogP contribution in [0.1, 0.15) is 32.4 Å². The van der Waals surface area contributed by atoms with E-state index in [1.54, 1.807) is 19.1 Å². The highest BCUT2D eigenvalue weighted by Crippen LogP contribution is 2.29. The first-order valence-corrected chi connectivity index (χ1v) is 7.87. The van der Waals surface area contributed by atoms with E-state index in [0.717, 1.165) is 17.1 Å². The third-order valence-electron chi connectivity index (χ3n) is 3.95. The zero-order chi connectivity index (χ0) is 17.0. The lowest BCUT2D eigenvalue weighted by molar-refractivity contribution is -0.0547. The van der Waals surface area contributed by atoms with Crippen molar-refractivity contribution in [2.24, 2.45) is 0 Å². The third-order valence-corrected chi connectivity index (χ3v) is 3.95. The number of hydrogen-bond donors (Lipinski definition) is 1. The first kappa shape index (κ1) is 20.4. The molecule has 2 rings (SSSR count). The molecule has 1 aliphatic heterocycles. The van der Waals surface area contributed by atoms with E-state index in [1.807, 2.05) is 39.0 Å². The highest BCUT2D eigenvalue weighted by atomic mass is 35.5. The molecule has 0 radical (unpaired) electrons. The number of rotatable bonds is 4. The normalized spacial score (nSPS) is 21.5. The van der Waals surface area contributed by atoms with E-state index >= 15 is 0 Å². The molecule has 0 saturated carbocycles. The van der Waals surface area contributed by atoms with Crippen molar-refractivity contribution in [2.75, 3.05) is 27.3 Å². The summed E-state index contributed by atoms with van der Waals surface area (Å²) < 4.78 is 16.3. The summed E-state index contributed by atoms with van der Waals surface area (Å²) >= 11 is 0. The summed E-state index contributed by atoms with van der Waals surface area (Å²) in [7, 11) is 3.23. The minimum absolute atomic E-state index is 0. The van der Waals surface area contributed by atoms with E-state index in [4.69, 9.17) is 14.2 Å². The second-order valence-electron chi connectivity index (χ2n) is 5.94. The van der Waals surface area contributed by atoms with Gasteiger partial charge in [0.15, 0.2) is 0 Å². The zero-order valence-corrected chi connectivity index (χ0v) is 15.7. The molecule has 1 N–H and O–H groups in total. The number of hydrogen-bond acceptors (Lipinski definition) is 4. The number of halogens is 1. The molecule has 1 aromatic carbocycles. The molecule has 6 nitrogen and oxygen atoms in total. The molecule has 2 amide bonds. The first-order valence-electron chi connectivity index (χ1n) is 7.87. The Labute approximate surface area is 149 Å². The summed E-state index contributed by atoms with van der Waals surface area (Å²) in [5.41, 5.74) is 0.884. The molecule has 1 aliphatic rings. The van der Waals surface area contributed by atoms with Crippen LogP contribution in [0.25, 0.3) is 0 Å². The molecule has 1 saturated heterocycles. The SMILES string of the molecule is COc1ccc(OC)c(C(C)NC(=O)N2CC(C)OC(C)C2)c1.Cl. The number of carbonyl (C=O) groups excluding carboxylic acids is 1. The van der Waals surface area contributed by atoms with Crippen LogP contribution in [0.15, 0.2) is 18.2 Å². The van der Waals surface area contributed by atoms with Crippen molar-refractivity contribution in [2.45, 2.75) is 39.0 Å². The molecule has 0 aromatic heterocycles. The fourth-order valence-electron chi connectivity index (χ4n) is 2.88. The number of nitrogens with one attached hydrogen (secondary N) is 1. The molecule has 1 fully saturated rings. The van der Waals surface area contributed by atoms with Crippen LogP contribution in [-0.4, -0.2) is 50.4 Å². The van der Waals surface area contributed by atoms with Gasteiger partial charge in [-0.1, -0.05) is 0 Å². The first-order chi connectivity index (χ1) is 10.9. The number of morpholine rings is 1. The maximum absolute atomic E-state index is 12.5. The largest absolute Gasteiger partial charge is 0.497 e. The smallest absolute Gasteiger partial charge is 0.318 e. The molecular formula is C17H27ClN2O4. The van der Waals surface area contributed by atoms with Crippen LogP contribution in [0.5, 0.6) is 11.5 Å².